The maximum Gasteiger partial charge on any atom is 0.226 e. The number of methoxy groups -OCH3 is 1. The molecule has 0 bridgehead atoms. The van der Waals surface area contributed by atoms with Crippen LogP contribution >= 0.6 is 0 Å². The average molecular weight is 702 g/mol. The highest BCUT2D eigenvalue weighted by atomic mass is 16.5. The Morgan fingerprint density at radius 3 is 2.06 bits per heavy atom. The van der Waals surface area contributed by atoms with Gasteiger partial charge >= 0.3 is 0 Å². The Kier molecular flexibility index (Phi) is 17.7. The second kappa shape index (κ2) is 20.4. The summed E-state index contributed by atoms with van der Waals surface area (Å²) in [6.45, 7) is 16.0. The number of aliphatic hydroxyl groups is 2. The molecule has 3 unspecified atom stereocenters. The third kappa shape index (κ3) is 11.2. The van der Waals surface area contributed by atoms with E-state index in [4.69, 9.17) is 4.74 Å². The van der Waals surface area contributed by atoms with E-state index in [-0.39, 0.29) is 72.4 Å². The van der Waals surface area contributed by atoms with Gasteiger partial charge in [0.25, 0.3) is 0 Å². The lowest BCUT2D eigenvalue weighted by Gasteiger charge is -2.40. The van der Waals surface area contributed by atoms with E-state index in [0.29, 0.717) is 19.4 Å². The molecule has 0 aliphatic carbocycles. The van der Waals surface area contributed by atoms with E-state index in [2.05, 4.69) is 5.32 Å². The molecule has 10 nitrogen and oxygen atoms in total. The van der Waals surface area contributed by atoms with Gasteiger partial charge in [-0.1, -0.05) is 92.1 Å². The summed E-state index contributed by atoms with van der Waals surface area (Å²) in [7, 11) is 5.07. The van der Waals surface area contributed by atoms with Gasteiger partial charge in [-0.05, 0) is 49.1 Å². The van der Waals surface area contributed by atoms with Crippen molar-refractivity contribution in [2.45, 2.75) is 130 Å². The van der Waals surface area contributed by atoms with E-state index in [9.17, 15) is 29.4 Å². The zero-order valence-electron chi connectivity index (χ0n) is 32.6. The fraction of sp³-hybridized carbons (Fsp3) is 0.750. The fourth-order valence-electron chi connectivity index (χ4n) is 7.67. The van der Waals surface area contributed by atoms with Crippen molar-refractivity contribution in [3.63, 3.8) is 0 Å². The molecule has 0 aromatic heterocycles. The molecule has 1 aliphatic heterocycles. The van der Waals surface area contributed by atoms with Crippen LogP contribution in [0.3, 0.4) is 0 Å². The number of carbonyl (C=O) groups is 4. The van der Waals surface area contributed by atoms with Crippen molar-refractivity contribution in [3.05, 3.63) is 35.9 Å². The first-order valence-corrected chi connectivity index (χ1v) is 18.7. The zero-order valence-corrected chi connectivity index (χ0v) is 32.6. The fourth-order valence-corrected chi connectivity index (χ4v) is 7.67. The van der Waals surface area contributed by atoms with E-state index in [0.717, 1.165) is 12.0 Å². The van der Waals surface area contributed by atoms with Gasteiger partial charge < -0.3 is 30.1 Å². The Labute approximate surface area is 301 Å². The Morgan fingerprint density at radius 1 is 0.920 bits per heavy atom. The van der Waals surface area contributed by atoms with Crippen molar-refractivity contribution in [2.75, 3.05) is 27.7 Å². The molecule has 10 atom stereocenters. The molecular formula is C40H67N3O7. The lowest BCUT2D eigenvalue weighted by molar-refractivity contribution is -0.148. The van der Waals surface area contributed by atoms with Crippen molar-refractivity contribution >= 4 is 23.4 Å². The standard InChI is InChI=1S/C40H67N3O7/c1-12-26(6)37(42(10)40(49)30(24(2)3)22-33(45)36(41-9)25(4)5)34(50-11)23-35(46)43-20-16-19-31(43)39(48)28(8)32(44)21-27(7)38(47)29-17-14-13-15-18-29/h13-15,17-18,24-28,30-31,34,36-39,41,47-48H,12,16,19-23H2,1-11H3/t26-,27-,28-,30?,31-,34?,36-,37?,38+,39+/m0/s1. The Morgan fingerprint density at radius 2 is 1.54 bits per heavy atom. The van der Waals surface area contributed by atoms with E-state index in [1.807, 2.05) is 78.8 Å². The molecule has 2 rings (SSSR count). The Hall–Kier alpha value is -2.66. The number of aliphatic hydroxyl groups excluding tert-OH is 2. The van der Waals surface area contributed by atoms with Crippen LogP contribution in [0.2, 0.25) is 0 Å². The van der Waals surface area contributed by atoms with Crippen molar-refractivity contribution in [1.29, 1.82) is 0 Å². The van der Waals surface area contributed by atoms with Crippen molar-refractivity contribution in [3.8, 4) is 0 Å². The molecule has 1 aliphatic rings. The molecule has 1 aromatic carbocycles. The predicted octanol–water partition coefficient (Wildman–Crippen LogP) is 5.06. The highest BCUT2D eigenvalue weighted by molar-refractivity contribution is 5.90. The summed E-state index contributed by atoms with van der Waals surface area (Å²) in [6, 6.07) is 7.94. The molecule has 2 amide bonds. The van der Waals surface area contributed by atoms with Crippen LogP contribution in [0.1, 0.15) is 106 Å². The lowest BCUT2D eigenvalue weighted by atomic mass is 9.84. The van der Waals surface area contributed by atoms with Crippen LogP contribution < -0.4 is 5.32 Å². The normalized spacial score (nSPS) is 20.5. The van der Waals surface area contributed by atoms with Crippen LogP contribution in [0.4, 0.5) is 0 Å². The number of likely N-dealkylation sites (N-methyl/N-ethyl adjacent to an activating group) is 2. The van der Waals surface area contributed by atoms with Crippen LogP contribution in [0.15, 0.2) is 30.3 Å². The molecule has 10 heteroatoms. The molecule has 1 aromatic rings. The predicted molar refractivity (Wildman–Crippen MR) is 197 cm³/mol. The number of carbonyl (C=O) groups excluding carboxylic acids is 4. The first kappa shape index (κ1) is 43.5. The van der Waals surface area contributed by atoms with Gasteiger partial charge in [0.15, 0.2) is 5.78 Å². The number of ether oxygens (including phenoxy) is 1. The summed E-state index contributed by atoms with van der Waals surface area (Å²) in [6.07, 6.45) is -0.201. The number of nitrogens with zero attached hydrogens (tertiary/aromatic N) is 2. The topological polar surface area (TPSA) is 136 Å². The molecule has 1 fully saturated rings. The summed E-state index contributed by atoms with van der Waals surface area (Å²) in [4.78, 5) is 58.1. The third-order valence-corrected chi connectivity index (χ3v) is 11.2. The number of amides is 2. The summed E-state index contributed by atoms with van der Waals surface area (Å²) in [5.41, 5.74) is 0.742. The molecule has 0 spiro atoms. The van der Waals surface area contributed by atoms with E-state index in [1.54, 1.807) is 37.9 Å². The molecule has 284 valence electrons. The highest BCUT2D eigenvalue weighted by Crippen LogP contribution is 2.31. The monoisotopic (exact) mass is 701 g/mol. The third-order valence-electron chi connectivity index (χ3n) is 11.2. The maximum absolute atomic E-state index is 14.1. The van der Waals surface area contributed by atoms with E-state index in [1.165, 1.54) is 0 Å². The minimum atomic E-state index is -1.05. The highest BCUT2D eigenvalue weighted by Gasteiger charge is 2.42. The molecule has 50 heavy (non-hydrogen) atoms. The van der Waals surface area contributed by atoms with Gasteiger partial charge in [-0.25, -0.2) is 0 Å². The molecule has 1 saturated heterocycles. The van der Waals surface area contributed by atoms with Crippen LogP contribution in [0.25, 0.3) is 0 Å². The molecular weight excluding hydrogens is 634 g/mol. The SMILES string of the molecule is CC[C@H](C)C(C(CC(=O)N1CCC[C@H]1[C@H](O)[C@@H](C)C(=O)C[C@H](C)[C@@H](O)c1ccccc1)OC)N(C)C(=O)C(CC(=O)[C@@H](NC)C(C)C)C(C)C. The lowest BCUT2D eigenvalue weighted by Crippen LogP contribution is -2.54. The number of benzene rings is 1. The largest absolute Gasteiger partial charge is 0.390 e. The van der Waals surface area contributed by atoms with Gasteiger partial charge in [-0.2, -0.15) is 0 Å². The van der Waals surface area contributed by atoms with Gasteiger partial charge in [0.2, 0.25) is 11.8 Å². The maximum atomic E-state index is 14.1. The van der Waals surface area contributed by atoms with E-state index < -0.39 is 42.2 Å². The number of hydrogen-bond acceptors (Lipinski definition) is 8. The molecule has 0 saturated carbocycles. The smallest absolute Gasteiger partial charge is 0.226 e. The Bertz CT molecular complexity index is 1220. The van der Waals surface area contributed by atoms with Crippen molar-refractivity contribution in [1.82, 2.24) is 15.1 Å². The van der Waals surface area contributed by atoms with Crippen molar-refractivity contribution in [2.24, 2.45) is 35.5 Å². The number of likely N-dealkylation sites (tertiary alicyclic amines) is 1. The minimum absolute atomic E-state index is 0.00299. The zero-order chi connectivity index (χ0) is 37.9. The quantitative estimate of drug-likeness (QED) is 0.162. The first-order valence-electron chi connectivity index (χ1n) is 18.7. The van der Waals surface area contributed by atoms with Crippen molar-refractivity contribution < 1.29 is 34.1 Å². The number of ketones is 2. The van der Waals surface area contributed by atoms with Gasteiger partial charge in [0.05, 0.1) is 42.9 Å². The minimum Gasteiger partial charge on any atom is -0.390 e. The number of hydrogen-bond donors (Lipinski definition) is 3. The van der Waals surface area contributed by atoms with Crippen LogP contribution in [-0.4, -0.2) is 101 Å². The van der Waals surface area contributed by atoms with Crippen LogP contribution in [0.5, 0.6) is 0 Å². The van der Waals surface area contributed by atoms with Crippen LogP contribution in [0, 0.1) is 35.5 Å². The first-order chi connectivity index (χ1) is 23.5. The van der Waals surface area contributed by atoms with Gasteiger partial charge in [-0.15, -0.1) is 0 Å². The van der Waals surface area contributed by atoms with Gasteiger partial charge in [0.1, 0.15) is 5.78 Å². The van der Waals surface area contributed by atoms with Gasteiger partial charge in [-0.3, -0.25) is 19.2 Å². The second-order valence-electron chi connectivity index (χ2n) is 15.4. The molecule has 0 radical (unpaired) electrons. The van der Waals surface area contributed by atoms with E-state index >= 15 is 0 Å². The number of rotatable bonds is 21. The number of nitrogens with one attached hydrogen (secondary N) is 1. The summed E-state index contributed by atoms with van der Waals surface area (Å²) in [5, 5.41) is 25.3. The molecule has 1 heterocycles. The summed E-state index contributed by atoms with van der Waals surface area (Å²) < 4.78 is 5.97. The summed E-state index contributed by atoms with van der Waals surface area (Å²) in [5.74, 6) is -2.03. The number of Topliss-reactive ketones (excluding diaryl/α,β-unsaturated/α-hetero) is 2. The summed E-state index contributed by atoms with van der Waals surface area (Å²) >= 11 is 0. The Balaban J connectivity index is 2.20. The van der Waals surface area contributed by atoms with Crippen LogP contribution in [-0.2, 0) is 23.9 Å². The molecule has 3 N–H and O–H groups in total. The average Bonchev–Trinajstić information content (AvgIpc) is 3.59. The second-order valence-corrected chi connectivity index (χ2v) is 15.4. The van der Waals surface area contributed by atoms with Gasteiger partial charge in [0, 0.05) is 45.4 Å².